The highest BCUT2D eigenvalue weighted by Gasteiger charge is 2.39. The van der Waals surface area contributed by atoms with Gasteiger partial charge in [0.05, 0.1) is 5.56 Å². The fourth-order valence-electron chi connectivity index (χ4n) is 5.95. The summed E-state index contributed by atoms with van der Waals surface area (Å²) in [6, 6.07) is 12.5. The standard InChI is InChI=1S/C39H39Cl6N7O5S/c1-3-5-22-51-32(54)28(33(55)52(37(51)58)23-6-4-2)10-9-21-50-20-8-7-11-29(50)57-34(56)26-14-12-25(13-15-26)31(53)46-27-18-16-24(17-19-27)30-47-35(38(40,41)42)49-36(48-30)39(43,44)45/h9-10,12-19,21,29H,3-8,11,20,22-23H2,1-2H3,(H,46,53). The number of nitrogens with one attached hydrogen (secondary N) is 1. The minimum absolute atomic E-state index is 0.0388. The van der Waals surface area contributed by atoms with Gasteiger partial charge < -0.3 is 15.0 Å². The van der Waals surface area contributed by atoms with Crippen LogP contribution in [-0.4, -0.2) is 84.3 Å². The first-order chi connectivity index (χ1) is 27.5. The molecule has 1 unspecified atom stereocenters. The summed E-state index contributed by atoms with van der Waals surface area (Å²) >= 11 is 41.4. The summed E-state index contributed by atoms with van der Waals surface area (Å²) in [6.45, 7) is 5.53. The fraction of sp³-hybridized carbons (Fsp3) is 0.385. The Morgan fingerprint density at radius 2 is 1.38 bits per heavy atom. The predicted molar refractivity (Wildman–Crippen MR) is 231 cm³/mol. The minimum Gasteiger partial charge on any atom is -0.438 e. The predicted octanol–water partition coefficient (Wildman–Crippen LogP) is 9.41. The summed E-state index contributed by atoms with van der Waals surface area (Å²) < 4.78 is 1.87. The molecule has 2 fully saturated rings. The van der Waals surface area contributed by atoms with Gasteiger partial charge in [0.1, 0.15) is 5.57 Å². The van der Waals surface area contributed by atoms with E-state index in [1.807, 2.05) is 18.7 Å². The highest BCUT2D eigenvalue weighted by molar-refractivity contribution is 7.80. The van der Waals surface area contributed by atoms with E-state index in [1.54, 1.807) is 36.5 Å². The molecule has 19 heteroatoms. The van der Waals surface area contributed by atoms with Crippen LogP contribution in [0.4, 0.5) is 5.69 Å². The fourth-order valence-corrected chi connectivity index (χ4v) is 6.81. The first-order valence-electron chi connectivity index (χ1n) is 18.5. The number of benzene rings is 2. The number of esters is 1. The van der Waals surface area contributed by atoms with Gasteiger partial charge in [0.25, 0.3) is 17.7 Å². The first-order valence-corrected chi connectivity index (χ1v) is 21.1. The number of allylic oxidation sites excluding steroid dienone is 2. The zero-order valence-electron chi connectivity index (χ0n) is 31.4. The van der Waals surface area contributed by atoms with Crippen LogP contribution in [0.25, 0.3) is 11.4 Å². The smallest absolute Gasteiger partial charge is 0.340 e. The highest BCUT2D eigenvalue weighted by atomic mass is 35.6. The normalized spacial score (nSPS) is 16.6. The number of halogens is 6. The molecule has 1 N–H and O–H groups in total. The minimum atomic E-state index is -2.01. The number of hydrogen-bond donors (Lipinski definition) is 1. The molecule has 0 saturated carbocycles. The molecule has 3 amide bonds. The van der Waals surface area contributed by atoms with Crippen LogP contribution in [0.3, 0.4) is 0 Å². The SMILES string of the molecule is CCCCN1C(=O)C(=CC=CN2CCCCC2OC(=O)c2ccc(C(=O)Nc3ccc(-c4nc(C(Cl)(Cl)Cl)nc(C(Cl)(Cl)Cl)n4)cc3)cc2)C(=O)N(CCCC)C1=S. The van der Waals surface area contributed by atoms with Crippen LogP contribution in [-0.2, 0) is 21.9 Å². The molecule has 0 aliphatic carbocycles. The number of alkyl halides is 6. The quantitative estimate of drug-likeness (QED) is 0.0580. The van der Waals surface area contributed by atoms with Gasteiger partial charge >= 0.3 is 5.97 Å². The Morgan fingerprint density at radius 3 is 1.91 bits per heavy atom. The third-order valence-corrected chi connectivity index (χ3v) is 10.5. The van der Waals surface area contributed by atoms with Crippen molar-refractivity contribution in [3.8, 4) is 11.4 Å². The number of carbonyl (C=O) groups excluding carboxylic acids is 4. The molecular formula is C39H39Cl6N7O5S. The maximum absolute atomic E-state index is 13.4. The second-order valence-electron chi connectivity index (χ2n) is 13.3. The van der Waals surface area contributed by atoms with Gasteiger partial charge in [-0.1, -0.05) is 96.3 Å². The molecule has 308 valence electrons. The van der Waals surface area contributed by atoms with Crippen molar-refractivity contribution in [1.29, 1.82) is 0 Å². The highest BCUT2D eigenvalue weighted by Crippen LogP contribution is 2.41. The van der Waals surface area contributed by atoms with Crippen LogP contribution in [0.5, 0.6) is 0 Å². The van der Waals surface area contributed by atoms with Gasteiger partial charge in [0.2, 0.25) is 7.59 Å². The molecule has 0 bridgehead atoms. The zero-order valence-corrected chi connectivity index (χ0v) is 36.8. The number of carbonyl (C=O) groups is 4. The molecule has 0 spiro atoms. The lowest BCUT2D eigenvalue weighted by atomic mass is 10.1. The van der Waals surface area contributed by atoms with Gasteiger partial charge in [-0.2, -0.15) is 0 Å². The van der Waals surface area contributed by atoms with Crippen molar-refractivity contribution in [2.45, 2.75) is 72.6 Å². The molecule has 2 aliphatic rings. The topological polar surface area (TPSA) is 138 Å². The molecule has 2 aliphatic heterocycles. The third-order valence-electron chi connectivity index (χ3n) is 9.08. The number of piperidine rings is 1. The van der Waals surface area contributed by atoms with Crippen molar-refractivity contribution < 1.29 is 23.9 Å². The molecule has 12 nitrogen and oxygen atoms in total. The molecule has 2 saturated heterocycles. The van der Waals surface area contributed by atoms with Gasteiger partial charge in [-0.15, -0.1) is 0 Å². The third kappa shape index (κ3) is 11.6. The van der Waals surface area contributed by atoms with E-state index in [0.29, 0.717) is 42.9 Å². The van der Waals surface area contributed by atoms with Gasteiger partial charge in [0, 0.05) is 49.1 Å². The first kappa shape index (κ1) is 45.5. The van der Waals surface area contributed by atoms with Gasteiger partial charge in [-0.25, -0.2) is 19.7 Å². The molecule has 0 radical (unpaired) electrons. The van der Waals surface area contributed by atoms with Gasteiger partial charge in [0.15, 0.2) is 28.8 Å². The lowest BCUT2D eigenvalue weighted by Gasteiger charge is -2.36. The van der Waals surface area contributed by atoms with Crippen molar-refractivity contribution in [3.63, 3.8) is 0 Å². The summed E-state index contributed by atoms with van der Waals surface area (Å²) in [5.41, 5.74) is 1.49. The summed E-state index contributed by atoms with van der Waals surface area (Å²) in [5.74, 6) is -2.23. The van der Waals surface area contributed by atoms with Crippen LogP contribution < -0.4 is 5.32 Å². The molecule has 3 heterocycles. The van der Waals surface area contributed by atoms with Gasteiger partial charge in [-0.05, 0) is 98.6 Å². The number of likely N-dealkylation sites (tertiary alicyclic amines) is 1. The van der Waals surface area contributed by atoms with Crippen molar-refractivity contribution in [2.24, 2.45) is 0 Å². The van der Waals surface area contributed by atoms with E-state index in [9.17, 15) is 19.2 Å². The van der Waals surface area contributed by atoms with E-state index in [2.05, 4.69) is 20.3 Å². The monoisotopic (exact) mass is 927 g/mol. The summed E-state index contributed by atoms with van der Waals surface area (Å²) in [5, 5.41) is 3.04. The molecule has 2 aromatic carbocycles. The van der Waals surface area contributed by atoms with Crippen molar-refractivity contribution in [1.82, 2.24) is 29.7 Å². The molecule has 3 aromatic rings. The second kappa shape index (κ2) is 20.1. The Balaban J connectivity index is 1.22. The van der Waals surface area contributed by atoms with Crippen molar-refractivity contribution in [3.05, 3.63) is 95.2 Å². The van der Waals surface area contributed by atoms with Crippen LogP contribution in [0.1, 0.15) is 91.2 Å². The Hall–Kier alpha value is -3.56. The van der Waals surface area contributed by atoms with E-state index < -0.39 is 37.5 Å². The molecule has 58 heavy (non-hydrogen) atoms. The number of nitrogens with zero attached hydrogens (tertiary/aromatic N) is 6. The summed E-state index contributed by atoms with van der Waals surface area (Å²) in [7, 11) is 0. The maximum atomic E-state index is 13.4. The number of aromatic nitrogens is 3. The van der Waals surface area contributed by atoms with Crippen LogP contribution >= 0.6 is 81.8 Å². The number of ether oxygens (including phenoxy) is 1. The van der Waals surface area contributed by atoms with E-state index in [-0.39, 0.29) is 33.7 Å². The Bertz CT molecular complexity index is 2010. The second-order valence-corrected chi connectivity index (χ2v) is 18.3. The van der Waals surface area contributed by atoms with E-state index in [0.717, 1.165) is 38.5 Å². The molecular weight excluding hydrogens is 891 g/mol. The van der Waals surface area contributed by atoms with Crippen molar-refractivity contribution in [2.75, 3.05) is 25.0 Å². The molecule has 5 rings (SSSR count). The Labute approximate surface area is 371 Å². The Morgan fingerprint density at radius 1 is 0.828 bits per heavy atom. The number of rotatable bonds is 13. The van der Waals surface area contributed by atoms with Crippen LogP contribution in [0.2, 0.25) is 0 Å². The Kier molecular flexibility index (Phi) is 15.8. The number of thiocarbonyl (C=S) groups is 1. The number of hydrogen-bond acceptors (Lipinski definition) is 10. The number of amides is 3. The van der Waals surface area contributed by atoms with E-state index in [4.69, 9.17) is 86.6 Å². The van der Waals surface area contributed by atoms with Crippen LogP contribution in [0, 0.1) is 0 Å². The maximum Gasteiger partial charge on any atom is 0.340 e. The molecule has 1 atom stereocenters. The van der Waals surface area contributed by atoms with Crippen LogP contribution in [0.15, 0.2) is 72.5 Å². The lowest BCUT2D eigenvalue weighted by Crippen LogP contribution is -2.56. The summed E-state index contributed by atoms with van der Waals surface area (Å²) in [6.07, 6.45) is 9.88. The van der Waals surface area contributed by atoms with Crippen molar-refractivity contribution >= 4 is 116 Å². The number of anilines is 1. The average Bonchev–Trinajstić information content (AvgIpc) is 3.19. The van der Waals surface area contributed by atoms with E-state index >= 15 is 0 Å². The molecule has 1 aromatic heterocycles. The van der Waals surface area contributed by atoms with Gasteiger partial charge in [-0.3, -0.25) is 24.2 Å². The average molecular weight is 931 g/mol. The zero-order chi connectivity index (χ0) is 42.2. The lowest BCUT2D eigenvalue weighted by molar-refractivity contribution is -0.133. The largest absolute Gasteiger partial charge is 0.438 e. The van der Waals surface area contributed by atoms with E-state index in [1.165, 1.54) is 40.1 Å². The summed E-state index contributed by atoms with van der Waals surface area (Å²) in [4.78, 5) is 70.3. The number of unbranched alkanes of at least 4 members (excludes halogenated alkanes) is 2.